The second-order valence-electron chi connectivity index (χ2n) is 11.2. The maximum Gasteiger partial charge on any atom is 0.407 e. The van der Waals surface area contributed by atoms with Crippen molar-refractivity contribution in [1.29, 1.82) is 0 Å². The number of anilines is 1. The Bertz CT molecular complexity index is 1240. The maximum atomic E-state index is 13.6. The Kier molecular flexibility index (Phi) is 10.4. The molecular weight excluding hydrogens is 534 g/mol. The standard InChI is InChI=1S/C32H43N5O5/c1-4-19-37-28(38)26(15-8-9-18-33-31(41)42-22-25-13-6-5-7-14-25)34-29(39)32(37)16-20-36(21-17-32)30(40)35-27-23(2)11-10-12-24(27)3/h5-7,10-14,26H,4,8-9,15-22H2,1-3H3,(H,33,41)(H,34,39)(H,35,40)/t26-/m0/s1. The van der Waals surface area contributed by atoms with Gasteiger partial charge in [-0.15, -0.1) is 0 Å². The Morgan fingerprint density at radius 3 is 2.36 bits per heavy atom. The number of rotatable bonds is 10. The molecule has 1 atom stereocenters. The van der Waals surface area contributed by atoms with E-state index in [2.05, 4.69) is 16.0 Å². The molecule has 2 aromatic carbocycles. The number of piperidine rings is 1. The molecule has 2 aliphatic rings. The molecule has 226 valence electrons. The molecule has 42 heavy (non-hydrogen) atoms. The van der Waals surface area contributed by atoms with Crippen LogP contribution in [0.4, 0.5) is 15.3 Å². The van der Waals surface area contributed by atoms with Crippen molar-refractivity contribution in [2.75, 3.05) is 31.5 Å². The van der Waals surface area contributed by atoms with Gasteiger partial charge in [0.2, 0.25) is 11.8 Å². The Morgan fingerprint density at radius 2 is 1.69 bits per heavy atom. The van der Waals surface area contributed by atoms with Gasteiger partial charge < -0.3 is 30.5 Å². The molecule has 4 rings (SSSR count). The lowest BCUT2D eigenvalue weighted by Crippen LogP contribution is -2.73. The summed E-state index contributed by atoms with van der Waals surface area (Å²) >= 11 is 0. The topological polar surface area (TPSA) is 120 Å². The zero-order valence-electron chi connectivity index (χ0n) is 24.9. The van der Waals surface area contributed by atoms with Crippen LogP contribution in [0.25, 0.3) is 0 Å². The van der Waals surface area contributed by atoms with E-state index in [0.717, 1.165) is 28.8 Å². The van der Waals surface area contributed by atoms with Gasteiger partial charge >= 0.3 is 12.1 Å². The summed E-state index contributed by atoms with van der Waals surface area (Å²) in [6, 6.07) is 14.6. The van der Waals surface area contributed by atoms with Gasteiger partial charge in [-0.25, -0.2) is 9.59 Å². The Labute approximate surface area is 248 Å². The fourth-order valence-corrected chi connectivity index (χ4v) is 5.83. The molecule has 2 aromatic rings. The third kappa shape index (κ3) is 7.21. The molecule has 10 heteroatoms. The molecule has 5 amide bonds. The number of ether oxygens (including phenoxy) is 1. The van der Waals surface area contributed by atoms with Gasteiger partial charge in [-0.3, -0.25) is 9.59 Å². The van der Waals surface area contributed by atoms with E-state index in [9.17, 15) is 19.2 Å². The first-order valence-electron chi connectivity index (χ1n) is 14.9. The molecule has 2 aliphatic heterocycles. The van der Waals surface area contributed by atoms with Crippen LogP contribution in [0.5, 0.6) is 0 Å². The van der Waals surface area contributed by atoms with E-state index >= 15 is 0 Å². The zero-order chi connectivity index (χ0) is 30.1. The molecule has 2 fully saturated rings. The minimum atomic E-state index is -0.941. The fourth-order valence-electron chi connectivity index (χ4n) is 5.83. The molecule has 0 unspecified atom stereocenters. The maximum absolute atomic E-state index is 13.6. The number of nitrogens with one attached hydrogen (secondary N) is 3. The number of piperazine rings is 1. The van der Waals surface area contributed by atoms with E-state index in [1.54, 1.807) is 9.80 Å². The van der Waals surface area contributed by atoms with E-state index in [0.29, 0.717) is 58.3 Å². The first-order chi connectivity index (χ1) is 20.2. The van der Waals surface area contributed by atoms with E-state index in [1.807, 2.05) is 69.3 Å². The highest BCUT2D eigenvalue weighted by molar-refractivity contribution is 6.00. The molecule has 10 nitrogen and oxygen atoms in total. The molecular formula is C32H43N5O5. The molecule has 3 N–H and O–H groups in total. The van der Waals surface area contributed by atoms with Crippen LogP contribution in [0.3, 0.4) is 0 Å². The van der Waals surface area contributed by atoms with Gasteiger partial charge in [0.25, 0.3) is 0 Å². The highest BCUT2D eigenvalue weighted by Crippen LogP contribution is 2.34. The molecule has 2 heterocycles. The number of likely N-dealkylation sites (tertiary alicyclic amines) is 1. The summed E-state index contributed by atoms with van der Waals surface area (Å²) < 4.78 is 5.23. The number of amides is 5. The number of urea groups is 1. The summed E-state index contributed by atoms with van der Waals surface area (Å²) in [4.78, 5) is 55.6. The van der Waals surface area contributed by atoms with Crippen molar-refractivity contribution < 1.29 is 23.9 Å². The lowest BCUT2D eigenvalue weighted by atomic mass is 9.81. The lowest BCUT2D eigenvalue weighted by molar-refractivity contribution is -0.160. The largest absolute Gasteiger partial charge is 0.445 e. The van der Waals surface area contributed by atoms with Crippen molar-refractivity contribution in [2.45, 2.75) is 77.5 Å². The number of hydrogen-bond acceptors (Lipinski definition) is 5. The number of hydrogen-bond donors (Lipinski definition) is 3. The SMILES string of the molecule is CCCN1C(=O)[C@H](CCCCNC(=O)OCc2ccccc2)NC(=O)C12CCN(C(=O)Nc1c(C)cccc1C)CC2. The minimum absolute atomic E-state index is 0.0693. The minimum Gasteiger partial charge on any atom is -0.445 e. The second kappa shape index (κ2) is 14.2. The summed E-state index contributed by atoms with van der Waals surface area (Å²) in [5.74, 6) is -0.210. The molecule has 2 saturated heterocycles. The highest BCUT2D eigenvalue weighted by Gasteiger charge is 2.53. The first kappa shape index (κ1) is 30.9. The van der Waals surface area contributed by atoms with Gasteiger partial charge in [-0.2, -0.15) is 0 Å². The van der Waals surface area contributed by atoms with Crippen LogP contribution in [0, 0.1) is 13.8 Å². The molecule has 0 radical (unpaired) electrons. The third-order valence-corrected chi connectivity index (χ3v) is 8.25. The lowest BCUT2D eigenvalue weighted by Gasteiger charge is -2.51. The van der Waals surface area contributed by atoms with Crippen molar-refractivity contribution in [2.24, 2.45) is 0 Å². The Hall–Kier alpha value is -4.08. The number of alkyl carbamates (subject to hydrolysis) is 1. The number of nitrogens with zero attached hydrogens (tertiary/aromatic N) is 2. The average molecular weight is 578 g/mol. The average Bonchev–Trinajstić information content (AvgIpc) is 2.99. The number of carbonyl (C=O) groups is 4. The quantitative estimate of drug-likeness (QED) is 0.359. The number of benzene rings is 2. The van der Waals surface area contributed by atoms with Crippen molar-refractivity contribution in [3.05, 3.63) is 65.2 Å². The van der Waals surface area contributed by atoms with Crippen LogP contribution >= 0.6 is 0 Å². The monoisotopic (exact) mass is 577 g/mol. The van der Waals surface area contributed by atoms with E-state index < -0.39 is 17.7 Å². The van der Waals surface area contributed by atoms with Gasteiger partial charge in [-0.05, 0) is 69.1 Å². The molecule has 0 bridgehead atoms. The normalized spacial score (nSPS) is 18.0. The van der Waals surface area contributed by atoms with Crippen molar-refractivity contribution in [1.82, 2.24) is 20.4 Å². The summed E-state index contributed by atoms with van der Waals surface area (Å²) in [6.45, 7) is 7.81. The Morgan fingerprint density at radius 1 is 1.00 bits per heavy atom. The van der Waals surface area contributed by atoms with Crippen LogP contribution < -0.4 is 16.0 Å². The van der Waals surface area contributed by atoms with E-state index in [1.165, 1.54) is 0 Å². The van der Waals surface area contributed by atoms with E-state index in [4.69, 9.17) is 4.74 Å². The third-order valence-electron chi connectivity index (χ3n) is 8.25. The number of carbonyl (C=O) groups excluding carboxylic acids is 4. The molecule has 0 saturated carbocycles. The van der Waals surface area contributed by atoms with Crippen LogP contribution in [0.15, 0.2) is 48.5 Å². The smallest absolute Gasteiger partial charge is 0.407 e. The molecule has 1 spiro atoms. The fraction of sp³-hybridized carbons (Fsp3) is 0.500. The zero-order valence-corrected chi connectivity index (χ0v) is 24.9. The van der Waals surface area contributed by atoms with Gasteiger partial charge in [-0.1, -0.05) is 55.5 Å². The number of aryl methyl sites for hydroxylation is 2. The van der Waals surface area contributed by atoms with Gasteiger partial charge in [0.1, 0.15) is 18.2 Å². The number of unbranched alkanes of at least 4 members (excludes halogenated alkanes) is 1. The number of para-hydroxylation sites is 1. The van der Waals surface area contributed by atoms with Crippen LogP contribution in [0.1, 0.15) is 62.1 Å². The predicted molar refractivity (Wildman–Crippen MR) is 161 cm³/mol. The van der Waals surface area contributed by atoms with Gasteiger partial charge in [0.05, 0.1) is 0 Å². The van der Waals surface area contributed by atoms with Gasteiger partial charge in [0, 0.05) is 31.9 Å². The summed E-state index contributed by atoms with van der Waals surface area (Å²) in [7, 11) is 0. The summed E-state index contributed by atoms with van der Waals surface area (Å²) in [6.07, 6.45) is 2.86. The van der Waals surface area contributed by atoms with Crippen molar-refractivity contribution >= 4 is 29.6 Å². The summed E-state index contributed by atoms with van der Waals surface area (Å²) in [5, 5.41) is 8.76. The summed E-state index contributed by atoms with van der Waals surface area (Å²) in [5.41, 5.74) is 2.77. The highest BCUT2D eigenvalue weighted by atomic mass is 16.5. The van der Waals surface area contributed by atoms with Crippen LogP contribution in [0.2, 0.25) is 0 Å². The first-order valence-corrected chi connectivity index (χ1v) is 14.9. The van der Waals surface area contributed by atoms with Crippen LogP contribution in [-0.4, -0.2) is 71.5 Å². The predicted octanol–water partition coefficient (Wildman–Crippen LogP) is 4.50. The second-order valence-corrected chi connectivity index (χ2v) is 11.2. The van der Waals surface area contributed by atoms with Crippen molar-refractivity contribution in [3.8, 4) is 0 Å². The van der Waals surface area contributed by atoms with E-state index in [-0.39, 0.29) is 24.5 Å². The van der Waals surface area contributed by atoms with Crippen LogP contribution in [-0.2, 0) is 20.9 Å². The van der Waals surface area contributed by atoms with Crippen molar-refractivity contribution in [3.63, 3.8) is 0 Å². The molecule has 0 aromatic heterocycles. The molecule has 0 aliphatic carbocycles. The van der Waals surface area contributed by atoms with Gasteiger partial charge in [0.15, 0.2) is 0 Å². The Balaban J connectivity index is 1.25.